The number of nitrogens with one attached hydrogen (secondary N) is 1. The summed E-state index contributed by atoms with van der Waals surface area (Å²) in [4.78, 5) is 27.7. The van der Waals surface area contributed by atoms with E-state index in [0.717, 1.165) is 12.8 Å². The molecule has 0 aromatic heterocycles. The summed E-state index contributed by atoms with van der Waals surface area (Å²) in [6.45, 7) is 2.75. The van der Waals surface area contributed by atoms with Crippen molar-refractivity contribution in [2.75, 3.05) is 13.6 Å². The molecule has 6 nitrogen and oxygen atoms in total. The van der Waals surface area contributed by atoms with E-state index in [1.165, 1.54) is 12.8 Å². The minimum absolute atomic E-state index is 0.0812. The minimum Gasteiger partial charge on any atom is -0.481 e. The second-order valence-electron chi connectivity index (χ2n) is 6.82. The van der Waals surface area contributed by atoms with Gasteiger partial charge in [0, 0.05) is 30.7 Å². The maximum Gasteiger partial charge on any atom is 0.317 e. The van der Waals surface area contributed by atoms with E-state index >= 15 is 0 Å². The quantitative estimate of drug-likeness (QED) is 0.797. The molecular formula is C15H25N3O3. The Morgan fingerprint density at radius 2 is 2.05 bits per heavy atom. The molecule has 2 N–H and O–H groups in total. The van der Waals surface area contributed by atoms with Crippen LogP contribution in [-0.4, -0.2) is 64.7 Å². The van der Waals surface area contributed by atoms with Crippen LogP contribution in [0.5, 0.6) is 0 Å². The summed E-state index contributed by atoms with van der Waals surface area (Å²) < 4.78 is 0. The number of hydrogen-bond donors (Lipinski definition) is 2. The van der Waals surface area contributed by atoms with E-state index in [-0.39, 0.29) is 24.0 Å². The Bertz CT molecular complexity index is 438. The standard InChI is InChI=1S/C15H25N3O3/c1-9(17(2)10-3-4-10)8-16-15(21)18-11-5-6-13(18)12(7-11)14(19)20/h9-13H,3-8H2,1-2H3,(H,16,21)(H,19,20). The van der Waals surface area contributed by atoms with Crippen molar-refractivity contribution in [1.82, 2.24) is 15.1 Å². The van der Waals surface area contributed by atoms with Crippen LogP contribution in [0.15, 0.2) is 0 Å². The van der Waals surface area contributed by atoms with Crippen LogP contribution in [0.3, 0.4) is 0 Å². The lowest BCUT2D eigenvalue weighted by Gasteiger charge is -2.28. The number of hydrogen-bond acceptors (Lipinski definition) is 3. The van der Waals surface area contributed by atoms with Gasteiger partial charge < -0.3 is 15.3 Å². The zero-order valence-electron chi connectivity index (χ0n) is 12.8. The largest absolute Gasteiger partial charge is 0.481 e. The summed E-state index contributed by atoms with van der Waals surface area (Å²) in [5, 5.41) is 12.2. The fourth-order valence-corrected chi connectivity index (χ4v) is 3.88. The van der Waals surface area contributed by atoms with Crippen molar-refractivity contribution < 1.29 is 14.7 Å². The van der Waals surface area contributed by atoms with Gasteiger partial charge in [-0.15, -0.1) is 0 Å². The lowest BCUT2D eigenvalue weighted by molar-refractivity contribution is -0.142. The van der Waals surface area contributed by atoms with Crippen molar-refractivity contribution >= 4 is 12.0 Å². The highest BCUT2D eigenvalue weighted by Gasteiger charge is 2.51. The number of amides is 2. The monoisotopic (exact) mass is 295 g/mol. The Morgan fingerprint density at radius 1 is 1.33 bits per heavy atom. The number of rotatable bonds is 5. The molecule has 2 heterocycles. The van der Waals surface area contributed by atoms with Crippen LogP contribution >= 0.6 is 0 Å². The third-order valence-corrected chi connectivity index (χ3v) is 5.46. The molecule has 4 unspecified atom stereocenters. The first-order valence-corrected chi connectivity index (χ1v) is 8.00. The van der Waals surface area contributed by atoms with Gasteiger partial charge in [0.25, 0.3) is 0 Å². The molecule has 0 aromatic carbocycles. The van der Waals surface area contributed by atoms with Crippen LogP contribution in [0, 0.1) is 5.92 Å². The van der Waals surface area contributed by atoms with E-state index in [1.807, 2.05) is 0 Å². The Morgan fingerprint density at radius 3 is 2.62 bits per heavy atom. The van der Waals surface area contributed by atoms with Gasteiger partial charge in [0.15, 0.2) is 0 Å². The molecule has 0 radical (unpaired) electrons. The molecule has 118 valence electrons. The van der Waals surface area contributed by atoms with Gasteiger partial charge in [0.1, 0.15) is 0 Å². The van der Waals surface area contributed by atoms with Gasteiger partial charge in [-0.25, -0.2) is 4.79 Å². The van der Waals surface area contributed by atoms with Crippen molar-refractivity contribution in [1.29, 1.82) is 0 Å². The molecule has 3 aliphatic rings. The predicted octanol–water partition coefficient (Wildman–Crippen LogP) is 1.12. The summed E-state index contributed by atoms with van der Waals surface area (Å²) in [5.41, 5.74) is 0. The topological polar surface area (TPSA) is 72.9 Å². The normalized spacial score (nSPS) is 32.5. The number of urea groups is 1. The number of fused-ring (bicyclic) bond motifs is 2. The average Bonchev–Trinajstić information content (AvgIpc) is 3.15. The van der Waals surface area contributed by atoms with Gasteiger partial charge in [-0.1, -0.05) is 0 Å². The molecule has 3 rings (SSSR count). The molecule has 2 amide bonds. The van der Waals surface area contributed by atoms with Crippen LogP contribution in [0.4, 0.5) is 4.79 Å². The summed E-state index contributed by atoms with van der Waals surface area (Å²) in [7, 11) is 2.11. The molecule has 6 heteroatoms. The highest BCUT2D eigenvalue weighted by molar-refractivity contribution is 5.79. The van der Waals surface area contributed by atoms with Gasteiger partial charge in [-0.05, 0) is 46.1 Å². The van der Waals surface area contributed by atoms with Gasteiger partial charge >= 0.3 is 12.0 Å². The number of carbonyl (C=O) groups is 2. The molecule has 21 heavy (non-hydrogen) atoms. The third kappa shape index (κ3) is 2.73. The number of likely N-dealkylation sites (N-methyl/N-ethyl adjacent to an activating group) is 1. The van der Waals surface area contributed by atoms with E-state index in [0.29, 0.717) is 25.0 Å². The Hall–Kier alpha value is -1.30. The van der Waals surface area contributed by atoms with Crippen molar-refractivity contribution in [3.8, 4) is 0 Å². The first kappa shape index (κ1) is 14.6. The zero-order valence-corrected chi connectivity index (χ0v) is 12.8. The van der Waals surface area contributed by atoms with Gasteiger partial charge in [-0.3, -0.25) is 9.69 Å². The minimum atomic E-state index is -0.762. The number of carboxylic acid groups (broad SMARTS) is 1. The predicted molar refractivity (Wildman–Crippen MR) is 78.0 cm³/mol. The van der Waals surface area contributed by atoms with Crippen LogP contribution in [0.25, 0.3) is 0 Å². The van der Waals surface area contributed by atoms with Crippen molar-refractivity contribution in [2.45, 2.75) is 63.2 Å². The molecule has 3 fully saturated rings. The molecule has 0 aromatic rings. The Balaban J connectivity index is 1.53. The van der Waals surface area contributed by atoms with Gasteiger partial charge in [-0.2, -0.15) is 0 Å². The van der Waals surface area contributed by atoms with Crippen LogP contribution in [0.1, 0.15) is 39.0 Å². The maximum absolute atomic E-state index is 12.4. The van der Waals surface area contributed by atoms with Crippen molar-refractivity contribution in [3.05, 3.63) is 0 Å². The molecule has 2 saturated heterocycles. The van der Waals surface area contributed by atoms with E-state index < -0.39 is 5.97 Å². The highest BCUT2D eigenvalue weighted by atomic mass is 16.4. The lowest BCUT2D eigenvalue weighted by atomic mass is 9.89. The average molecular weight is 295 g/mol. The SMILES string of the molecule is CC(CNC(=O)N1C2CCC1C(C(=O)O)C2)N(C)C1CC1. The molecule has 2 aliphatic heterocycles. The molecule has 4 atom stereocenters. The molecule has 2 bridgehead atoms. The summed E-state index contributed by atoms with van der Waals surface area (Å²) >= 11 is 0. The van der Waals surface area contributed by atoms with E-state index in [1.54, 1.807) is 4.90 Å². The number of carbonyl (C=O) groups excluding carboxylic acids is 1. The third-order valence-electron chi connectivity index (χ3n) is 5.46. The smallest absolute Gasteiger partial charge is 0.317 e. The van der Waals surface area contributed by atoms with Crippen LogP contribution in [-0.2, 0) is 4.79 Å². The van der Waals surface area contributed by atoms with Gasteiger partial charge in [0.2, 0.25) is 0 Å². The van der Waals surface area contributed by atoms with E-state index in [4.69, 9.17) is 0 Å². The molecule has 1 aliphatic carbocycles. The zero-order chi connectivity index (χ0) is 15.1. The fraction of sp³-hybridized carbons (Fsp3) is 0.867. The van der Waals surface area contributed by atoms with Gasteiger partial charge in [0.05, 0.1) is 5.92 Å². The van der Waals surface area contributed by atoms with E-state index in [2.05, 4.69) is 24.2 Å². The molecule has 1 saturated carbocycles. The Labute approximate surface area is 125 Å². The second-order valence-corrected chi connectivity index (χ2v) is 6.82. The van der Waals surface area contributed by atoms with E-state index in [9.17, 15) is 14.7 Å². The van der Waals surface area contributed by atoms with Crippen molar-refractivity contribution in [3.63, 3.8) is 0 Å². The summed E-state index contributed by atoms with van der Waals surface area (Å²) in [6, 6.07) is 0.923. The van der Waals surface area contributed by atoms with Crippen LogP contribution in [0.2, 0.25) is 0 Å². The van der Waals surface area contributed by atoms with Crippen molar-refractivity contribution in [2.24, 2.45) is 5.92 Å². The molecule has 0 spiro atoms. The van der Waals surface area contributed by atoms with Crippen LogP contribution < -0.4 is 5.32 Å². The lowest BCUT2D eigenvalue weighted by Crippen LogP contribution is -2.48. The highest BCUT2D eigenvalue weighted by Crippen LogP contribution is 2.41. The first-order valence-electron chi connectivity index (χ1n) is 8.00. The second kappa shape index (κ2) is 5.48. The number of aliphatic carboxylic acids is 1. The number of carboxylic acids is 1. The molecular weight excluding hydrogens is 270 g/mol. The summed E-state index contributed by atoms with van der Waals surface area (Å²) in [6.07, 6.45) is 4.90. The summed E-state index contributed by atoms with van der Waals surface area (Å²) in [5.74, 6) is -1.14. The maximum atomic E-state index is 12.4. The fourth-order valence-electron chi connectivity index (χ4n) is 3.88. The first-order chi connectivity index (χ1) is 9.99. The number of nitrogens with zero attached hydrogens (tertiary/aromatic N) is 2. The Kier molecular flexibility index (Phi) is 3.82.